The van der Waals surface area contributed by atoms with Crippen molar-refractivity contribution in [1.29, 1.82) is 0 Å². The van der Waals surface area contributed by atoms with Crippen LogP contribution in [0.2, 0.25) is 0 Å². The molecule has 3 N–H and O–H groups in total. The molecule has 0 radical (unpaired) electrons. The molecule has 0 aliphatic heterocycles. The van der Waals surface area contributed by atoms with E-state index < -0.39 is 28.0 Å². The summed E-state index contributed by atoms with van der Waals surface area (Å²) in [5, 5.41) is 13.1. The Hall–Kier alpha value is -1.44. The lowest BCUT2D eigenvalue weighted by atomic mass is 10.1. The minimum Gasteiger partial charge on any atom is -0.387 e. The standard InChI is InChI=1S/C36H67NO5S/c1-3-5-7-9-11-13-15-17-19-21-23-25-27-29-31-35(38)34(33-43(40,41)42)37-36(39)32-30-28-26-24-22-20-18-16-14-12-10-8-6-4-2/h16,18,21,23,29,31,34-35,38H,3-15,17,19-20,22,24-28,30,32-33H2,1-2H3,(H,37,39)(H,40,41,42)/b18-16-,23-21+,31-29+. The van der Waals surface area contributed by atoms with Gasteiger partial charge in [-0.15, -0.1) is 0 Å². The average molecular weight is 626 g/mol. The van der Waals surface area contributed by atoms with E-state index in [1.54, 1.807) is 6.08 Å². The predicted molar refractivity (Wildman–Crippen MR) is 184 cm³/mol. The minimum absolute atomic E-state index is 0.278. The van der Waals surface area contributed by atoms with Crippen LogP contribution in [0.5, 0.6) is 0 Å². The normalized spacial score (nSPS) is 13.9. The van der Waals surface area contributed by atoms with Crippen LogP contribution in [0.4, 0.5) is 0 Å². The van der Waals surface area contributed by atoms with Gasteiger partial charge in [-0.2, -0.15) is 8.42 Å². The maximum absolute atomic E-state index is 12.4. The van der Waals surface area contributed by atoms with Crippen molar-refractivity contribution in [3.05, 3.63) is 36.5 Å². The molecule has 0 fully saturated rings. The molecule has 43 heavy (non-hydrogen) atoms. The van der Waals surface area contributed by atoms with E-state index in [0.717, 1.165) is 51.4 Å². The van der Waals surface area contributed by atoms with Gasteiger partial charge in [0.25, 0.3) is 10.1 Å². The monoisotopic (exact) mass is 625 g/mol. The molecular formula is C36H67NO5S. The molecule has 0 spiro atoms. The summed E-state index contributed by atoms with van der Waals surface area (Å²) in [4.78, 5) is 12.4. The van der Waals surface area contributed by atoms with Gasteiger partial charge in [-0.3, -0.25) is 9.35 Å². The van der Waals surface area contributed by atoms with Crippen molar-refractivity contribution in [2.75, 3.05) is 5.75 Å². The third kappa shape index (κ3) is 31.8. The lowest BCUT2D eigenvalue weighted by Crippen LogP contribution is -2.46. The highest BCUT2D eigenvalue weighted by atomic mass is 32.2. The van der Waals surface area contributed by atoms with Gasteiger partial charge in [0.15, 0.2) is 0 Å². The van der Waals surface area contributed by atoms with Crippen molar-refractivity contribution in [2.24, 2.45) is 0 Å². The van der Waals surface area contributed by atoms with Crippen molar-refractivity contribution in [3.63, 3.8) is 0 Å². The first-order chi connectivity index (χ1) is 20.8. The highest BCUT2D eigenvalue weighted by molar-refractivity contribution is 7.85. The number of carbonyl (C=O) groups is 1. The summed E-state index contributed by atoms with van der Waals surface area (Å²) in [7, 11) is -4.35. The smallest absolute Gasteiger partial charge is 0.267 e. The summed E-state index contributed by atoms with van der Waals surface area (Å²) in [5.41, 5.74) is 0. The molecule has 6 nitrogen and oxygen atoms in total. The fraction of sp³-hybridized carbons (Fsp3) is 0.806. The Bertz CT molecular complexity index is 821. The lowest BCUT2D eigenvalue weighted by molar-refractivity contribution is -0.122. The Kier molecular flexibility index (Phi) is 29.6. The maximum Gasteiger partial charge on any atom is 0.267 e. The fourth-order valence-corrected chi connectivity index (χ4v) is 5.84. The Balaban J connectivity index is 4.09. The number of hydrogen-bond acceptors (Lipinski definition) is 4. The van der Waals surface area contributed by atoms with E-state index >= 15 is 0 Å². The van der Waals surface area contributed by atoms with Crippen LogP contribution in [0.3, 0.4) is 0 Å². The highest BCUT2D eigenvalue weighted by Gasteiger charge is 2.24. The molecule has 0 aliphatic rings. The molecule has 0 aliphatic carbocycles. The van der Waals surface area contributed by atoms with Gasteiger partial charge in [-0.05, 0) is 57.8 Å². The molecule has 0 saturated carbocycles. The zero-order valence-corrected chi connectivity index (χ0v) is 28.6. The highest BCUT2D eigenvalue weighted by Crippen LogP contribution is 2.12. The van der Waals surface area contributed by atoms with Gasteiger partial charge in [0.1, 0.15) is 0 Å². The number of aliphatic hydroxyl groups excluding tert-OH is 1. The second-order valence-electron chi connectivity index (χ2n) is 12.1. The van der Waals surface area contributed by atoms with Crippen LogP contribution in [-0.4, -0.2) is 41.9 Å². The van der Waals surface area contributed by atoms with Crippen LogP contribution in [0.25, 0.3) is 0 Å². The number of nitrogens with one attached hydrogen (secondary N) is 1. The Labute approximate surface area is 266 Å². The van der Waals surface area contributed by atoms with E-state index in [1.165, 1.54) is 96.0 Å². The summed E-state index contributed by atoms with van der Waals surface area (Å²) in [6.45, 7) is 4.48. The molecule has 0 saturated heterocycles. The SMILES string of the molecule is CCCCCCC/C=C\CCCCCCCC(=O)NC(CS(=O)(=O)O)C(O)/C=C/CC/C=C/CCCCCCCCCC. The zero-order valence-electron chi connectivity index (χ0n) is 27.8. The van der Waals surface area contributed by atoms with Crippen LogP contribution in [0.15, 0.2) is 36.5 Å². The van der Waals surface area contributed by atoms with Crippen molar-refractivity contribution in [1.82, 2.24) is 5.32 Å². The number of allylic oxidation sites excluding steroid dienone is 5. The third-order valence-corrected chi connectivity index (χ3v) is 8.57. The number of amides is 1. The first kappa shape index (κ1) is 41.6. The maximum atomic E-state index is 12.4. The van der Waals surface area contributed by atoms with Crippen molar-refractivity contribution in [3.8, 4) is 0 Å². The number of carbonyl (C=O) groups excluding carboxylic acids is 1. The van der Waals surface area contributed by atoms with Gasteiger partial charge in [-0.1, -0.05) is 140 Å². The van der Waals surface area contributed by atoms with Gasteiger partial charge < -0.3 is 10.4 Å². The van der Waals surface area contributed by atoms with Crippen LogP contribution >= 0.6 is 0 Å². The van der Waals surface area contributed by atoms with Crippen LogP contribution < -0.4 is 5.32 Å². The Morgan fingerprint density at radius 1 is 0.605 bits per heavy atom. The second kappa shape index (κ2) is 30.6. The van der Waals surface area contributed by atoms with E-state index in [-0.39, 0.29) is 12.3 Å². The topological polar surface area (TPSA) is 104 Å². The van der Waals surface area contributed by atoms with Crippen LogP contribution in [-0.2, 0) is 14.9 Å². The van der Waals surface area contributed by atoms with E-state index in [0.29, 0.717) is 6.42 Å². The molecule has 0 bridgehead atoms. The summed E-state index contributed by atoms with van der Waals surface area (Å²) in [5.74, 6) is -1.01. The molecule has 0 rings (SSSR count). The fourth-order valence-electron chi connectivity index (χ4n) is 5.11. The largest absolute Gasteiger partial charge is 0.387 e. The van der Waals surface area contributed by atoms with Gasteiger partial charge in [0.2, 0.25) is 5.91 Å². The molecule has 252 valence electrons. The van der Waals surface area contributed by atoms with E-state index in [2.05, 4.69) is 43.5 Å². The summed E-state index contributed by atoms with van der Waals surface area (Å²) in [6, 6.07) is -1.07. The minimum atomic E-state index is -4.35. The molecular weight excluding hydrogens is 558 g/mol. The summed E-state index contributed by atoms with van der Waals surface area (Å²) < 4.78 is 32.3. The molecule has 2 unspecified atom stereocenters. The first-order valence-corrected chi connectivity index (χ1v) is 19.3. The van der Waals surface area contributed by atoms with Crippen molar-refractivity contribution < 1.29 is 22.9 Å². The van der Waals surface area contributed by atoms with E-state index in [4.69, 9.17) is 0 Å². The first-order valence-electron chi connectivity index (χ1n) is 17.7. The number of hydrogen-bond donors (Lipinski definition) is 3. The van der Waals surface area contributed by atoms with Gasteiger partial charge in [0.05, 0.1) is 17.9 Å². The molecule has 7 heteroatoms. The van der Waals surface area contributed by atoms with E-state index in [1.807, 2.05) is 0 Å². The predicted octanol–water partition coefficient (Wildman–Crippen LogP) is 9.79. The molecule has 0 heterocycles. The third-order valence-electron chi connectivity index (χ3n) is 7.79. The average Bonchev–Trinajstić information content (AvgIpc) is 2.96. The lowest BCUT2D eigenvalue weighted by Gasteiger charge is -2.21. The molecule has 0 aromatic rings. The summed E-state index contributed by atoms with van der Waals surface area (Å²) in [6.07, 6.45) is 38.4. The van der Waals surface area contributed by atoms with Crippen molar-refractivity contribution >= 4 is 16.0 Å². The van der Waals surface area contributed by atoms with Gasteiger partial charge >= 0.3 is 0 Å². The number of unbranched alkanes of at least 4 members (excludes halogenated alkanes) is 19. The molecule has 0 aromatic heterocycles. The summed E-state index contributed by atoms with van der Waals surface area (Å²) >= 11 is 0. The zero-order chi connectivity index (χ0) is 31.9. The Morgan fingerprint density at radius 2 is 1.00 bits per heavy atom. The second-order valence-corrected chi connectivity index (χ2v) is 13.6. The van der Waals surface area contributed by atoms with Gasteiger partial charge in [0, 0.05) is 6.42 Å². The Morgan fingerprint density at radius 3 is 1.47 bits per heavy atom. The van der Waals surface area contributed by atoms with E-state index in [9.17, 15) is 22.9 Å². The number of rotatable bonds is 31. The molecule has 2 atom stereocenters. The van der Waals surface area contributed by atoms with Crippen LogP contribution in [0, 0.1) is 0 Å². The van der Waals surface area contributed by atoms with Gasteiger partial charge in [-0.25, -0.2) is 0 Å². The molecule has 1 amide bonds. The number of aliphatic hydroxyl groups is 1. The molecule has 0 aromatic carbocycles. The van der Waals surface area contributed by atoms with Crippen LogP contribution in [0.1, 0.15) is 168 Å². The van der Waals surface area contributed by atoms with Crippen molar-refractivity contribution in [2.45, 2.75) is 180 Å². The quantitative estimate of drug-likeness (QED) is 0.0404.